The molecular weight excluding hydrogens is 296 g/mol. The van der Waals surface area contributed by atoms with Gasteiger partial charge >= 0.3 is 0 Å². The van der Waals surface area contributed by atoms with Gasteiger partial charge in [0.25, 0.3) is 5.91 Å². The Bertz CT molecular complexity index is 688. The summed E-state index contributed by atoms with van der Waals surface area (Å²) in [6, 6.07) is 5.69. The highest BCUT2D eigenvalue weighted by Crippen LogP contribution is 2.26. The van der Waals surface area contributed by atoms with Gasteiger partial charge < -0.3 is 19.3 Å². The number of β-amino-alcohol motifs (C(OH)–C–C–N with tert-alkyl or cyclic N) is 1. The third kappa shape index (κ3) is 3.34. The van der Waals surface area contributed by atoms with Gasteiger partial charge in [0.05, 0.1) is 6.54 Å². The zero-order valence-electron chi connectivity index (χ0n) is 13.3. The van der Waals surface area contributed by atoms with Crippen molar-refractivity contribution in [3.8, 4) is 0 Å². The van der Waals surface area contributed by atoms with Crippen molar-refractivity contribution < 1.29 is 14.3 Å². The molecule has 3 rings (SSSR count). The van der Waals surface area contributed by atoms with Gasteiger partial charge in [0, 0.05) is 33.3 Å². The van der Waals surface area contributed by atoms with Crippen LogP contribution >= 0.6 is 0 Å². The first-order valence-corrected chi connectivity index (χ1v) is 7.53. The van der Waals surface area contributed by atoms with E-state index in [-0.39, 0.29) is 18.1 Å². The lowest BCUT2D eigenvalue weighted by molar-refractivity contribution is 0.0262. The molecule has 122 valence electrons. The Labute approximate surface area is 134 Å². The summed E-state index contributed by atoms with van der Waals surface area (Å²) in [4.78, 5) is 24.2. The lowest BCUT2D eigenvalue weighted by atomic mass is 10.0. The number of pyridine rings is 1. The molecule has 0 saturated carbocycles. The summed E-state index contributed by atoms with van der Waals surface area (Å²) in [7, 11) is 1.66. The molecule has 1 amide bonds. The Kier molecular flexibility index (Phi) is 4.04. The van der Waals surface area contributed by atoms with Crippen LogP contribution in [0, 0.1) is 6.92 Å². The molecule has 2 aromatic rings. The molecule has 1 unspecified atom stereocenters. The molecule has 1 aliphatic heterocycles. The second kappa shape index (κ2) is 6.00. The first kappa shape index (κ1) is 15.5. The molecule has 1 fully saturated rings. The highest BCUT2D eigenvalue weighted by atomic mass is 16.3. The highest BCUT2D eigenvalue weighted by molar-refractivity contribution is 5.91. The molecule has 1 atom stereocenters. The van der Waals surface area contributed by atoms with Gasteiger partial charge in [-0.2, -0.15) is 0 Å². The summed E-state index contributed by atoms with van der Waals surface area (Å²) in [5, 5.41) is 10.8. The first-order valence-electron chi connectivity index (χ1n) is 7.53. The molecule has 23 heavy (non-hydrogen) atoms. The minimum absolute atomic E-state index is 0.237. The van der Waals surface area contributed by atoms with E-state index >= 15 is 0 Å². The second-order valence-corrected chi connectivity index (χ2v) is 6.00. The quantitative estimate of drug-likeness (QED) is 0.909. The number of aromatic nitrogens is 2. The summed E-state index contributed by atoms with van der Waals surface area (Å²) in [5.41, 5.74) is -0.700. The fourth-order valence-electron chi connectivity index (χ4n) is 2.89. The van der Waals surface area contributed by atoms with Gasteiger partial charge in [-0.15, -0.1) is 0 Å². The van der Waals surface area contributed by atoms with E-state index in [4.69, 9.17) is 4.42 Å². The summed E-state index contributed by atoms with van der Waals surface area (Å²) < 4.78 is 5.07. The number of aryl methyl sites for hydroxylation is 1. The SMILES string of the molecule is Cc1nc(C(=O)N(C)CC2(O)CCN(c3ccccn3)C2)co1. The zero-order valence-corrected chi connectivity index (χ0v) is 13.3. The van der Waals surface area contributed by atoms with E-state index in [1.54, 1.807) is 20.2 Å². The fraction of sp³-hybridized carbons (Fsp3) is 0.438. The maximum atomic E-state index is 12.3. The monoisotopic (exact) mass is 316 g/mol. The van der Waals surface area contributed by atoms with Crippen LogP contribution in [0.15, 0.2) is 35.1 Å². The first-order chi connectivity index (χ1) is 11.0. The number of amides is 1. The average Bonchev–Trinajstić information content (AvgIpc) is 3.14. The minimum atomic E-state index is -0.958. The van der Waals surface area contributed by atoms with E-state index in [2.05, 4.69) is 9.97 Å². The molecule has 1 saturated heterocycles. The van der Waals surface area contributed by atoms with Crippen LogP contribution in [-0.4, -0.2) is 58.2 Å². The number of carbonyl (C=O) groups is 1. The van der Waals surface area contributed by atoms with Gasteiger partial charge in [-0.05, 0) is 18.6 Å². The minimum Gasteiger partial charge on any atom is -0.448 e. The third-order valence-electron chi connectivity index (χ3n) is 4.02. The standard InChI is InChI=1S/C16H20N4O3/c1-12-18-13(9-23-12)15(21)19(2)10-16(22)6-8-20(11-16)14-5-3-4-7-17-14/h3-5,7,9,22H,6,8,10-11H2,1-2H3. The molecule has 1 aliphatic rings. The van der Waals surface area contributed by atoms with Gasteiger partial charge in [0.15, 0.2) is 11.6 Å². The van der Waals surface area contributed by atoms with Crippen LogP contribution in [0.1, 0.15) is 22.8 Å². The molecule has 0 radical (unpaired) electrons. The van der Waals surface area contributed by atoms with Crippen LogP contribution in [-0.2, 0) is 0 Å². The normalized spacial score (nSPS) is 20.7. The van der Waals surface area contributed by atoms with Crippen molar-refractivity contribution in [1.29, 1.82) is 0 Å². The number of carbonyl (C=O) groups excluding carboxylic acids is 1. The molecule has 7 nitrogen and oxygen atoms in total. The number of hydrogen-bond donors (Lipinski definition) is 1. The molecule has 0 aliphatic carbocycles. The summed E-state index contributed by atoms with van der Waals surface area (Å²) in [6.07, 6.45) is 3.65. The van der Waals surface area contributed by atoms with E-state index in [9.17, 15) is 9.90 Å². The molecule has 2 aromatic heterocycles. The Morgan fingerprint density at radius 3 is 3.00 bits per heavy atom. The maximum absolute atomic E-state index is 12.3. The maximum Gasteiger partial charge on any atom is 0.275 e. The van der Waals surface area contributed by atoms with Gasteiger partial charge in [0.1, 0.15) is 17.7 Å². The van der Waals surface area contributed by atoms with E-state index in [0.717, 1.165) is 5.82 Å². The summed E-state index contributed by atoms with van der Waals surface area (Å²) >= 11 is 0. The molecule has 7 heteroatoms. The van der Waals surface area contributed by atoms with E-state index in [1.165, 1.54) is 11.2 Å². The van der Waals surface area contributed by atoms with Crippen LogP contribution in [0.5, 0.6) is 0 Å². The number of rotatable bonds is 4. The molecule has 0 aromatic carbocycles. The molecular formula is C16H20N4O3. The summed E-state index contributed by atoms with van der Waals surface area (Å²) in [5.74, 6) is 1.03. The number of oxazole rings is 1. The lowest BCUT2D eigenvalue weighted by Crippen LogP contribution is -2.46. The van der Waals surface area contributed by atoms with Crippen LogP contribution in [0.3, 0.4) is 0 Å². The number of hydrogen-bond acceptors (Lipinski definition) is 6. The van der Waals surface area contributed by atoms with Crippen LogP contribution in [0.4, 0.5) is 5.82 Å². The Morgan fingerprint density at radius 1 is 1.52 bits per heavy atom. The fourth-order valence-corrected chi connectivity index (χ4v) is 2.89. The van der Waals surface area contributed by atoms with Crippen molar-refractivity contribution in [2.45, 2.75) is 18.9 Å². The predicted molar refractivity (Wildman–Crippen MR) is 84.2 cm³/mol. The molecule has 0 bridgehead atoms. The highest BCUT2D eigenvalue weighted by Gasteiger charge is 2.38. The van der Waals surface area contributed by atoms with Gasteiger partial charge in [-0.25, -0.2) is 9.97 Å². The van der Waals surface area contributed by atoms with Crippen molar-refractivity contribution in [2.24, 2.45) is 0 Å². The predicted octanol–water partition coefficient (Wildman–Crippen LogP) is 1.09. The number of anilines is 1. The van der Waals surface area contributed by atoms with E-state index in [0.29, 0.717) is 25.4 Å². The number of aliphatic hydroxyl groups is 1. The van der Waals surface area contributed by atoms with Gasteiger partial charge in [0.2, 0.25) is 0 Å². The van der Waals surface area contributed by atoms with Gasteiger partial charge in [-0.3, -0.25) is 4.79 Å². The third-order valence-corrected chi connectivity index (χ3v) is 4.02. The van der Waals surface area contributed by atoms with Crippen molar-refractivity contribution >= 4 is 11.7 Å². The smallest absolute Gasteiger partial charge is 0.275 e. The van der Waals surface area contributed by atoms with E-state index in [1.807, 2.05) is 23.1 Å². The van der Waals surface area contributed by atoms with Crippen LogP contribution in [0.2, 0.25) is 0 Å². The van der Waals surface area contributed by atoms with Crippen LogP contribution < -0.4 is 4.90 Å². The van der Waals surface area contributed by atoms with Crippen molar-refractivity contribution in [1.82, 2.24) is 14.9 Å². The zero-order chi connectivity index (χ0) is 16.4. The molecule has 3 heterocycles. The van der Waals surface area contributed by atoms with Gasteiger partial charge in [-0.1, -0.05) is 6.07 Å². The van der Waals surface area contributed by atoms with Crippen molar-refractivity contribution in [3.05, 3.63) is 42.2 Å². The Balaban J connectivity index is 1.64. The van der Waals surface area contributed by atoms with Crippen molar-refractivity contribution in [2.75, 3.05) is 31.6 Å². The number of nitrogens with zero attached hydrogens (tertiary/aromatic N) is 4. The van der Waals surface area contributed by atoms with Crippen LogP contribution in [0.25, 0.3) is 0 Å². The number of likely N-dealkylation sites (N-methyl/N-ethyl adjacent to an activating group) is 1. The summed E-state index contributed by atoms with van der Waals surface area (Å²) in [6.45, 7) is 3.07. The Hall–Kier alpha value is -2.41. The topological polar surface area (TPSA) is 82.7 Å². The molecule has 0 spiro atoms. The van der Waals surface area contributed by atoms with E-state index < -0.39 is 5.60 Å². The van der Waals surface area contributed by atoms with Crippen molar-refractivity contribution in [3.63, 3.8) is 0 Å². The molecule has 1 N–H and O–H groups in total. The lowest BCUT2D eigenvalue weighted by Gasteiger charge is -2.28. The largest absolute Gasteiger partial charge is 0.448 e. The second-order valence-electron chi connectivity index (χ2n) is 6.00. The Morgan fingerprint density at radius 2 is 2.35 bits per heavy atom. The average molecular weight is 316 g/mol.